The molecular formula is C14H17BrF2O2. The summed E-state index contributed by atoms with van der Waals surface area (Å²) in [7, 11) is 0. The second kappa shape index (κ2) is 6.66. The first-order valence-corrected chi connectivity index (χ1v) is 7.27. The minimum Gasteiger partial charge on any atom is -0.490 e. The largest absolute Gasteiger partial charge is 0.490 e. The monoisotopic (exact) mass is 334 g/mol. The maximum Gasteiger partial charge on any atom is 0.261 e. The molecule has 5 heteroatoms. The number of hydrogen-bond acceptors (Lipinski definition) is 2. The molecule has 0 amide bonds. The summed E-state index contributed by atoms with van der Waals surface area (Å²) in [4.78, 5) is 0.117. The molecule has 2 nitrogen and oxygen atoms in total. The predicted molar refractivity (Wildman–Crippen MR) is 73.3 cm³/mol. The Labute approximate surface area is 120 Å². The predicted octanol–water partition coefficient (Wildman–Crippen LogP) is 4.12. The van der Waals surface area contributed by atoms with Crippen LogP contribution in [0, 0.1) is 0 Å². The highest BCUT2D eigenvalue weighted by Gasteiger charge is 2.20. The van der Waals surface area contributed by atoms with Crippen molar-refractivity contribution in [2.75, 3.05) is 13.2 Å². The first kappa shape index (κ1) is 14.7. The molecule has 0 N–H and O–H groups in total. The molecule has 0 saturated carbocycles. The van der Waals surface area contributed by atoms with Gasteiger partial charge in [-0.1, -0.05) is 28.1 Å². The number of halogens is 3. The molecule has 1 aliphatic heterocycles. The zero-order chi connectivity index (χ0) is 13.8. The molecule has 1 aromatic rings. The van der Waals surface area contributed by atoms with Crippen LogP contribution in [0.1, 0.15) is 29.3 Å². The van der Waals surface area contributed by atoms with Gasteiger partial charge in [-0.3, -0.25) is 0 Å². The molecule has 106 valence electrons. The lowest BCUT2D eigenvalue weighted by atomic mass is 10.0. The van der Waals surface area contributed by atoms with Crippen molar-refractivity contribution in [1.82, 2.24) is 0 Å². The molecule has 2 unspecified atom stereocenters. The average molecular weight is 335 g/mol. The Bertz CT molecular complexity index is 426. The second-order valence-electron chi connectivity index (χ2n) is 4.72. The van der Waals surface area contributed by atoms with Crippen molar-refractivity contribution in [2.24, 2.45) is 0 Å². The van der Waals surface area contributed by atoms with Crippen molar-refractivity contribution in [3.05, 3.63) is 29.3 Å². The van der Waals surface area contributed by atoms with Crippen LogP contribution in [0.2, 0.25) is 0 Å². The van der Waals surface area contributed by atoms with Crippen LogP contribution in [0.3, 0.4) is 0 Å². The van der Waals surface area contributed by atoms with Crippen molar-refractivity contribution in [3.63, 3.8) is 0 Å². The molecular weight excluding hydrogens is 318 g/mol. The van der Waals surface area contributed by atoms with Gasteiger partial charge in [-0.05, 0) is 30.5 Å². The third-order valence-corrected chi connectivity index (χ3v) is 4.03. The smallest absolute Gasteiger partial charge is 0.261 e. The molecule has 0 aliphatic carbocycles. The van der Waals surface area contributed by atoms with Crippen molar-refractivity contribution in [3.8, 4) is 5.75 Å². The molecule has 2 rings (SSSR count). The molecule has 0 aromatic heterocycles. The van der Waals surface area contributed by atoms with E-state index >= 15 is 0 Å². The zero-order valence-corrected chi connectivity index (χ0v) is 12.3. The highest BCUT2D eigenvalue weighted by Crippen LogP contribution is 2.34. The van der Waals surface area contributed by atoms with Gasteiger partial charge in [0.25, 0.3) is 6.43 Å². The topological polar surface area (TPSA) is 18.5 Å². The van der Waals surface area contributed by atoms with Crippen LogP contribution >= 0.6 is 15.9 Å². The molecule has 0 bridgehead atoms. The van der Waals surface area contributed by atoms with E-state index in [0.29, 0.717) is 13.0 Å². The van der Waals surface area contributed by atoms with E-state index in [0.717, 1.165) is 17.7 Å². The van der Waals surface area contributed by atoms with Crippen LogP contribution in [0.4, 0.5) is 8.78 Å². The minimum absolute atomic E-state index is 0.117. The van der Waals surface area contributed by atoms with Gasteiger partial charge in [0.2, 0.25) is 0 Å². The normalized spacial score (nSPS) is 19.3. The van der Waals surface area contributed by atoms with Crippen molar-refractivity contribution >= 4 is 15.9 Å². The standard InChI is InChI=1S/C14H17BrF2O2/c1-9-6-11-7-10(2-3-13(11)19-9)12(15)4-5-18-8-14(16)17/h2-3,7,9,12,14H,4-6,8H2,1H3. The lowest BCUT2D eigenvalue weighted by molar-refractivity contribution is 0.0167. The molecule has 0 spiro atoms. The molecule has 0 radical (unpaired) electrons. The van der Waals surface area contributed by atoms with Gasteiger partial charge in [0.15, 0.2) is 0 Å². The van der Waals surface area contributed by atoms with E-state index < -0.39 is 13.0 Å². The Kier molecular flexibility index (Phi) is 5.16. The lowest BCUT2D eigenvalue weighted by Crippen LogP contribution is -2.06. The number of benzene rings is 1. The number of ether oxygens (including phenoxy) is 2. The average Bonchev–Trinajstić information content (AvgIpc) is 2.73. The zero-order valence-electron chi connectivity index (χ0n) is 10.7. The van der Waals surface area contributed by atoms with Crippen LogP contribution in [0.15, 0.2) is 18.2 Å². The van der Waals surface area contributed by atoms with Gasteiger partial charge < -0.3 is 9.47 Å². The fourth-order valence-corrected chi connectivity index (χ4v) is 2.63. The summed E-state index contributed by atoms with van der Waals surface area (Å²) in [6.07, 6.45) is -0.576. The van der Waals surface area contributed by atoms with Crippen LogP contribution < -0.4 is 4.74 Å². The minimum atomic E-state index is -2.40. The van der Waals surface area contributed by atoms with E-state index in [1.807, 2.05) is 19.1 Å². The first-order chi connectivity index (χ1) is 9.06. The number of alkyl halides is 3. The summed E-state index contributed by atoms with van der Waals surface area (Å²) >= 11 is 3.57. The van der Waals surface area contributed by atoms with E-state index in [1.165, 1.54) is 5.56 Å². The molecule has 19 heavy (non-hydrogen) atoms. The second-order valence-corrected chi connectivity index (χ2v) is 5.83. The Morgan fingerprint density at radius 3 is 3.00 bits per heavy atom. The summed E-state index contributed by atoms with van der Waals surface area (Å²) in [6, 6.07) is 6.09. The van der Waals surface area contributed by atoms with Gasteiger partial charge >= 0.3 is 0 Å². The highest BCUT2D eigenvalue weighted by atomic mass is 79.9. The maximum atomic E-state index is 11.9. The van der Waals surface area contributed by atoms with Crippen LogP contribution in [0.25, 0.3) is 0 Å². The fraction of sp³-hybridized carbons (Fsp3) is 0.571. The molecule has 2 atom stereocenters. The van der Waals surface area contributed by atoms with Crippen molar-refractivity contribution in [1.29, 1.82) is 0 Å². The fourth-order valence-electron chi connectivity index (χ4n) is 2.16. The van der Waals surface area contributed by atoms with Crippen molar-refractivity contribution < 1.29 is 18.3 Å². The highest BCUT2D eigenvalue weighted by molar-refractivity contribution is 9.09. The van der Waals surface area contributed by atoms with Crippen LogP contribution in [0.5, 0.6) is 5.75 Å². The molecule has 1 heterocycles. The Morgan fingerprint density at radius 1 is 1.47 bits per heavy atom. The summed E-state index contributed by atoms with van der Waals surface area (Å²) in [5.74, 6) is 0.949. The number of fused-ring (bicyclic) bond motifs is 1. The number of rotatable bonds is 6. The third kappa shape index (κ3) is 4.14. The molecule has 1 aliphatic rings. The van der Waals surface area contributed by atoms with Gasteiger partial charge in [-0.25, -0.2) is 8.78 Å². The number of hydrogen-bond donors (Lipinski definition) is 0. The Hall–Kier alpha value is -0.680. The Balaban J connectivity index is 1.86. The SMILES string of the molecule is CC1Cc2cc(C(Br)CCOCC(F)F)ccc2O1. The van der Waals surface area contributed by atoms with E-state index in [9.17, 15) is 8.78 Å². The van der Waals surface area contributed by atoms with Gasteiger partial charge in [0.05, 0.1) is 0 Å². The summed E-state index contributed by atoms with van der Waals surface area (Å²) in [6.45, 7) is 1.88. The van der Waals surface area contributed by atoms with Crippen molar-refractivity contribution in [2.45, 2.75) is 37.1 Å². The van der Waals surface area contributed by atoms with Gasteiger partial charge in [-0.2, -0.15) is 0 Å². The van der Waals surface area contributed by atoms with Crippen LogP contribution in [-0.2, 0) is 11.2 Å². The first-order valence-electron chi connectivity index (χ1n) is 6.35. The third-order valence-electron chi connectivity index (χ3n) is 3.04. The quantitative estimate of drug-likeness (QED) is 0.575. The molecule has 0 fully saturated rings. The molecule has 1 aromatic carbocycles. The summed E-state index contributed by atoms with van der Waals surface area (Å²) in [5.41, 5.74) is 2.35. The summed E-state index contributed by atoms with van der Waals surface area (Å²) in [5, 5.41) is 0. The van der Waals surface area contributed by atoms with Gasteiger partial charge in [-0.15, -0.1) is 0 Å². The molecule has 0 saturated heterocycles. The van der Waals surface area contributed by atoms with E-state index in [-0.39, 0.29) is 10.9 Å². The van der Waals surface area contributed by atoms with Gasteiger partial charge in [0.1, 0.15) is 18.5 Å². The van der Waals surface area contributed by atoms with E-state index in [2.05, 4.69) is 22.0 Å². The van der Waals surface area contributed by atoms with E-state index in [1.54, 1.807) is 0 Å². The van der Waals surface area contributed by atoms with Crippen LogP contribution in [-0.4, -0.2) is 25.7 Å². The van der Waals surface area contributed by atoms with Gasteiger partial charge in [0, 0.05) is 17.9 Å². The lowest BCUT2D eigenvalue weighted by Gasteiger charge is -2.11. The Morgan fingerprint density at radius 2 is 2.26 bits per heavy atom. The van der Waals surface area contributed by atoms with E-state index in [4.69, 9.17) is 9.47 Å². The summed E-state index contributed by atoms with van der Waals surface area (Å²) < 4.78 is 34.4. The maximum absolute atomic E-state index is 11.9.